The van der Waals surface area contributed by atoms with Gasteiger partial charge < -0.3 is 29.4 Å². The number of allylic oxidation sites excluding steroid dienone is 1. The Morgan fingerprint density at radius 2 is 1.59 bits per heavy atom. The van der Waals surface area contributed by atoms with Crippen molar-refractivity contribution >= 4 is 5.97 Å². The molecule has 1 unspecified atom stereocenters. The maximum absolute atomic E-state index is 12.8. The first-order valence-corrected chi connectivity index (χ1v) is 14.0. The summed E-state index contributed by atoms with van der Waals surface area (Å²) in [6.45, 7) is 7.79. The quantitative estimate of drug-likeness (QED) is 0.138. The van der Waals surface area contributed by atoms with Crippen molar-refractivity contribution in [3.63, 3.8) is 0 Å². The molecule has 2 N–H and O–H groups in total. The van der Waals surface area contributed by atoms with Crippen LogP contribution in [0.1, 0.15) is 73.9 Å². The number of carbonyl (C=O) groups excluding carboxylic acids is 1. The van der Waals surface area contributed by atoms with E-state index in [1.807, 2.05) is 25.1 Å². The van der Waals surface area contributed by atoms with Crippen LogP contribution in [0.25, 0.3) is 0 Å². The van der Waals surface area contributed by atoms with Gasteiger partial charge in [-0.2, -0.15) is 5.26 Å². The van der Waals surface area contributed by atoms with E-state index in [2.05, 4.69) is 19.9 Å². The zero-order valence-corrected chi connectivity index (χ0v) is 23.8. The highest BCUT2D eigenvalue weighted by molar-refractivity contribution is 5.91. The molecule has 0 fully saturated rings. The molecule has 0 saturated carbocycles. The van der Waals surface area contributed by atoms with Gasteiger partial charge in [0.25, 0.3) is 0 Å². The fraction of sp³-hybridized carbons (Fsp3) is 0.333. The molecule has 0 aliphatic carbocycles. The number of carbonyl (C=O) groups is 1. The summed E-state index contributed by atoms with van der Waals surface area (Å²) in [6.07, 6.45) is 3.97. The molecule has 214 valence electrons. The molecule has 0 spiro atoms. The van der Waals surface area contributed by atoms with E-state index in [9.17, 15) is 10.1 Å². The van der Waals surface area contributed by atoms with Crippen molar-refractivity contribution in [1.29, 1.82) is 5.26 Å². The molecular formula is C33H36N2O6. The monoisotopic (exact) mass is 556 g/mol. The van der Waals surface area contributed by atoms with E-state index < -0.39 is 11.9 Å². The SMILES string of the molecule is CCCCOc1ccc(C(=O)Oc2ccc3c(c2)OC(N)=C(C#N)C3c2ccc(OCCCC)c(OCC)c2)cc1. The van der Waals surface area contributed by atoms with Gasteiger partial charge >= 0.3 is 5.97 Å². The molecule has 0 aromatic heterocycles. The Bertz CT molecular complexity index is 1420. The van der Waals surface area contributed by atoms with Crippen LogP contribution in [0.3, 0.4) is 0 Å². The summed E-state index contributed by atoms with van der Waals surface area (Å²) in [6, 6.07) is 19.7. The largest absolute Gasteiger partial charge is 0.494 e. The van der Waals surface area contributed by atoms with E-state index in [0.29, 0.717) is 59.7 Å². The number of nitrogens with zero attached hydrogens (tertiary/aromatic N) is 1. The van der Waals surface area contributed by atoms with E-state index in [0.717, 1.165) is 31.2 Å². The van der Waals surface area contributed by atoms with Crippen molar-refractivity contribution < 1.29 is 28.5 Å². The Morgan fingerprint density at radius 1 is 0.878 bits per heavy atom. The number of benzene rings is 3. The van der Waals surface area contributed by atoms with Crippen LogP contribution in [0, 0.1) is 11.3 Å². The van der Waals surface area contributed by atoms with Crippen LogP contribution >= 0.6 is 0 Å². The van der Waals surface area contributed by atoms with Gasteiger partial charge in [-0.05, 0) is 67.8 Å². The molecular weight excluding hydrogens is 520 g/mol. The van der Waals surface area contributed by atoms with Gasteiger partial charge in [0.05, 0.1) is 31.3 Å². The molecule has 1 aliphatic rings. The second kappa shape index (κ2) is 14.1. The number of rotatable bonds is 13. The topological polar surface area (TPSA) is 113 Å². The Kier molecular flexibility index (Phi) is 10.1. The van der Waals surface area contributed by atoms with E-state index in [-0.39, 0.29) is 11.5 Å². The van der Waals surface area contributed by atoms with E-state index in [1.54, 1.807) is 42.5 Å². The summed E-state index contributed by atoms with van der Waals surface area (Å²) in [5.41, 5.74) is 8.38. The Labute approximate surface area is 241 Å². The van der Waals surface area contributed by atoms with Crippen LogP contribution < -0.4 is 29.4 Å². The summed E-state index contributed by atoms with van der Waals surface area (Å²) in [4.78, 5) is 12.8. The molecule has 0 saturated heterocycles. The summed E-state index contributed by atoms with van der Waals surface area (Å²) < 4.78 is 28.9. The van der Waals surface area contributed by atoms with E-state index >= 15 is 0 Å². The highest BCUT2D eigenvalue weighted by Gasteiger charge is 2.32. The number of nitriles is 1. The van der Waals surface area contributed by atoms with Gasteiger partial charge in [0.2, 0.25) is 5.88 Å². The zero-order chi connectivity index (χ0) is 29.2. The first kappa shape index (κ1) is 29.3. The number of unbranched alkanes of at least 4 members (excludes halogenated alkanes) is 2. The van der Waals surface area contributed by atoms with Gasteiger partial charge in [-0.1, -0.05) is 38.8 Å². The molecule has 3 aromatic rings. The molecule has 0 radical (unpaired) electrons. The minimum absolute atomic E-state index is 0.00614. The first-order chi connectivity index (χ1) is 20.0. The molecule has 3 aromatic carbocycles. The van der Waals surface area contributed by atoms with Crippen LogP contribution in [-0.4, -0.2) is 25.8 Å². The number of esters is 1. The van der Waals surface area contributed by atoms with E-state index in [4.69, 9.17) is 29.4 Å². The maximum Gasteiger partial charge on any atom is 0.343 e. The second-order valence-corrected chi connectivity index (χ2v) is 9.58. The van der Waals surface area contributed by atoms with Gasteiger partial charge in [0.15, 0.2) is 11.5 Å². The number of fused-ring (bicyclic) bond motifs is 1. The lowest BCUT2D eigenvalue weighted by molar-refractivity contribution is 0.0734. The molecule has 4 rings (SSSR count). The van der Waals surface area contributed by atoms with Crippen LogP contribution in [0.5, 0.6) is 28.7 Å². The number of nitrogens with two attached hydrogens (primary N) is 1. The first-order valence-electron chi connectivity index (χ1n) is 14.0. The smallest absolute Gasteiger partial charge is 0.343 e. The second-order valence-electron chi connectivity index (χ2n) is 9.58. The lowest BCUT2D eigenvalue weighted by atomic mass is 9.83. The Balaban J connectivity index is 1.58. The van der Waals surface area contributed by atoms with Crippen LogP contribution in [0.4, 0.5) is 0 Å². The van der Waals surface area contributed by atoms with Crippen LogP contribution in [0.15, 0.2) is 72.1 Å². The highest BCUT2D eigenvalue weighted by Crippen LogP contribution is 2.45. The standard InChI is InChI=1S/C33H36N2O6/c1-4-7-17-38-24-12-9-22(10-13-24)33(36)40-25-14-15-26-29(20-25)41-32(35)27(21-34)31(26)23-11-16-28(39-18-8-5-2)30(19-23)37-6-3/h9-16,19-20,31H,4-8,17-18,35H2,1-3H3. The third-order valence-electron chi connectivity index (χ3n) is 6.61. The van der Waals surface area contributed by atoms with Crippen LogP contribution in [0.2, 0.25) is 0 Å². The fourth-order valence-electron chi connectivity index (χ4n) is 4.45. The maximum atomic E-state index is 12.8. The normalized spacial score (nSPS) is 14.0. The molecule has 0 bridgehead atoms. The summed E-state index contributed by atoms with van der Waals surface area (Å²) >= 11 is 0. The van der Waals surface area contributed by atoms with Gasteiger partial charge in [-0.15, -0.1) is 0 Å². The van der Waals surface area contributed by atoms with Crippen molar-refractivity contribution in [3.8, 4) is 34.8 Å². The zero-order valence-electron chi connectivity index (χ0n) is 23.8. The molecule has 1 aliphatic heterocycles. The molecule has 1 heterocycles. The minimum Gasteiger partial charge on any atom is -0.494 e. The van der Waals surface area contributed by atoms with Crippen molar-refractivity contribution in [3.05, 3.63) is 88.8 Å². The number of hydrogen-bond acceptors (Lipinski definition) is 8. The van der Waals surface area contributed by atoms with Gasteiger partial charge in [-0.3, -0.25) is 0 Å². The fourth-order valence-corrected chi connectivity index (χ4v) is 4.45. The average molecular weight is 557 g/mol. The molecule has 8 nitrogen and oxygen atoms in total. The minimum atomic E-state index is -0.515. The van der Waals surface area contributed by atoms with Crippen LogP contribution in [-0.2, 0) is 0 Å². The Morgan fingerprint density at radius 3 is 2.27 bits per heavy atom. The van der Waals surface area contributed by atoms with Crippen molar-refractivity contribution in [2.24, 2.45) is 5.73 Å². The van der Waals surface area contributed by atoms with Gasteiger partial charge in [-0.25, -0.2) is 4.79 Å². The molecule has 1 atom stereocenters. The number of hydrogen-bond donors (Lipinski definition) is 1. The molecule has 41 heavy (non-hydrogen) atoms. The van der Waals surface area contributed by atoms with Crippen molar-refractivity contribution in [2.45, 2.75) is 52.4 Å². The predicted octanol–water partition coefficient (Wildman–Crippen LogP) is 6.88. The molecule has 0 amide bonds. The third-order valence-corrected chi connectivity index (χ3v) is 6.61. The average Bonchev–Trinajstić information content (AvgIpc) is 2.98. The highest BCUT2D eigenvalue weighted by atomic mass is 16.5. The lowest BCUT2D eigenvalue weighted by Crippen LogP contribution is -2.21. The predicted molar refractivity (Wildman–Crippen MR) is 156 cm³/mol. The number of ether oxygens (including phenoxy) is 5. The van der Waals surface area contributed by atoms with Crippen molar-refractivity contribution in [2.75, 3.05) is 19.8 Å². The summed E-state index contributed by atoms with van der Waals surface area (Å²) in [7, 11) is 0. The lowest BCUT2D eigenvalue weighted by Gasteiger charge is -2.27. The summed E-state index contributed by atoms with van der Waals surface area (Å²) in [5.74, 6) is 1.61. The van der Waals surface area contributed by atoms with Gasteiger partial charge in [0, 0.05) is 11.6 Å². The van der Waals surface area contributed by atoms with E-state index in [1.165, 1.54) is 0 Å². The third kappa shape index (κ3) is 7.12. The Hall–Kier alpha value is -4.64. The van der Waals surface area contributed by atoms with Gasteiger partial charge in [0.1, 0.15) is 28.9 Å². The summed E-state index contributed by atoms with van der Waals surface area (Å²) in [5, 5.41) is 9.97. The molecule has 8 heteroatoms. The van der Waals surface area contributed by atoms with Crippen molar-refractivity contribution in [1.82, 2.24) is 0 Å².